The van der Waals surface area contributed by atoms with Gasteiger partial charge in [-0.2, -0.15) is 0 Å². The standard InChI is InChI=1S/C24H30N2O2S/c1-17(2)18-11-13-20(14-12-18)25-23(27)16-29-22-10-6-9-21(15-22)26-24(28)19-7-4-3-5-8-19/h6,9-15,17,19H,3-5,7-8,16H2,1-2H3,(H,25,27)(H,26,28). The summed E-state index contributed by atoms with van der Waals surface area (Å²) in [5, 5.41) is 5.98. The Kier molecular flexibility index (Phi) is 7.76. The number of hydrogen-bond acceptors (Lipinski definition) is 3. The summed E-state index contributed by atoms with van der Waals surface area (Å²) in [6, 6.07) is 15.7. The number of amides is 2. The molecule has 4 nitrogen and oxygen atoms in total. The molecule has 0 radical (unpaired) electrons. The van der Waals surface area contributed by atoms with Gasteiger partial charge in [-0.3, -0.25) is 9.59 Å². The molecule has 1 fully saturated rings. The van der Waals surface area contributed by atoms with Gasteiger partial charge in [-0.25, -0.2) is 0 Å². The zero-order valence-electron chi connectivity index (χ0n) is 17.2. The van der Waals surface area contributed by atoms with Crippen molar-refractivity contribution in [2.75, 3.05) is 16.4 Å². The first-order chi connectivity index (χ1) is 14.0. The predicted octanol–water partition coefficient (Wildman–Crippen LogP) is 6.06. The number of nitrogens with one attached hydrogen (secondary N) is 2. The fourth-order valence-corrected chi connectivity index (χ4v) is 4.33. The van der Waals surface area contributed by atoms with Crippen LogP contribution in [0.2, 0.25) is 0 Å². The van der Waals surface area contributed by atoms with Crippen molar-refractivity contribution in [3.8, 4) is 0 Å². The van der Waals surface area contributed by atoms with Crippen LogP contribution < -0.4 is 10.6 Å². The predicted molar refractivity (Wildman–Crippen MR) is 122 cm³/mol. The molecule has 154 valence electrons. The Labute approximate surface area is 177 Å². The van der Waals surface area contributed by atoms with E-state index in [1.54, 1.807) is 0 Å². The molecule has 2 amide bonds. The van der Waals surface area contributed by atoms with E-state index in [2.05, 4.69) is 24.5 Å². The van der Waals surface area contributed by atoms with Gasteiger partial charge < -0.3 is 10.6 Å². The molecule has 3 rings (SSSR count). The van der Waals surface area contributed by atoms with Gasteiger partial charge in [-0.1, -0.05) is 51.3 Å². The summed E-state index contributed by atoms with van der Waals surface area (Å²) in [7, 11) is 0. The smallest absolute Gasteiger partial charge is 0.234 e. The Balaban J connectivity index is 1.49. The van der Waals surface area contributed by atoms with Crippen LogP contribution >= 0.6 is 11.8 Å². The number of rotatable bonds is 7. The van der Waals surface area contributed by atoms with E-state index < -0.39 is 0 Å². The molecule has 0 saturated heterocycles. The van der Waals surface area contributed by atoms with E-state index in [0.29, 0.717) is 11.7 Å². The van der Waals surface area contributed by atoms with Gasteiger partial charge in [-0.05, 0) is 54.7 Å². The highest BCUT2D eigenvalue weighted by Crippen LogP contribution is 2.26. The van der Waals surface area contributed by atoms with Crippen LogP contribution in [-0.4, -0.2) is 17.6 Å². The third kappa shape index (κ3) is 6.64. The monoisotopic (exact) mass is 410 g/mol. The highest BCUT2D eigenvalue weighted by molar-refractivity contribution is 8.00. The molecule has 0 aliphatic heterocycles. The number of benzene rings is 2. The van der Waals surface area contributed by atoms with E-state index in [0.717, 1.165) is 42.0 Å². The summed E-state index contributed by atoms with van der Waals surface area (Å²) in [6.45, 7) is 4.30. The van der Waals surface area contributed by atoms with Crippen LogP contribution in [0.3, 0.4) is 0 Å². The molecule has 0 heterocycles. The molecule has 0 unspecified atom stereocenters. The van der Waals surface area contributed by atoms with Gasteiger partial charge in [0, 0.05) is 22.2 Å². The zero-order valence-corrected chi connectivity index (χ0v) is 18.1. The van der Waals surface area contributed by atoms with Crippen molar-refractivity contribution in [1.82, 2.24) is 0 Å². The van der Waals surface area contributed by atoms with Crippen molar-refractivity contribution in [3.63, 3.8) is 0 Å². The topological polar surface area (TPSA) is 58.2 Å². The van der Waals surface area contributed by atoms with E-state index in [1.165, 1.54) is 23.7 Å². The summed E-state index contributed by atoms with van der Waals surface area (Å²) < 4.78 is 0. The van der Waals surface area contributed by atoms with Crippen molar-refractivity contribution in [2.45, 2.75) is 56.8 Å². The summed E-state index contributed by atoms with van der Waals surface area (Å²) in [5.41, 5.74) is 2.87. The Hall–Kier alpha value is -2.27. The Morgan fingerprint density at radius 2 is 1.69 bits per heavy atom. The van der Waals surface area contributed by atoms with E-state index >= 15 is 0 Å². The summed E-state index contributed by atoms with van der Waals surface area (Å²) in [4.78, 5) is 25.7. The van der Waals surface area contributed by atoms with Crippen LogP contribution in [0.25, 0.3) is 0 Å². The molecule has 29 heavy (non-hydrogen) atoms. The normalized spacial score (nSPS) is 14.6. The Morgan fingerprint density at radius 3 is 2.38 bits per heavy atom. The van der Waals surface area contributed by atoms with Crippen LogP contribution in [0.1, 0.15) is 57.4 Å². The van der Waals surface area contributed by atoms with E-state index in [9.17, 15) is 9.59 Å². The van der Waals surface area contributed by atoms with Crippen molar-refractivity contribution in [2.24, 2.45) is 5.92 Å². The van der Waals surface area contributed by atoms with Crippen molar-refractivity contribution >= 4 is 35.0 Å². The van der Waals surface area contributed by atoms with E-state index in [-0.39, 0.29) is 17.7 Å². The van der Waals surface area contributed by atoms with Crippen LogP contribution in [-0.2, 0) is 9.59 Å². The van der Waals surface area contributed by atoms with Crippen LogP contribution in [0.15, 0.2) is 53.4 Å². The van der Waals surface area contributed by atoms with Gasteiger partial charge >= 0.3 is 0 Å². The van der Waals surface area contributed by atoms with Crippen molar-refractivity contribution < 1.29 is 9.59 Å². The number of carbonyl (C=O) groups excluding carboxylic acids is 2. The molecular formula is C24H30N2O2S. The van der Waals surface area contributed by atoms with E-state index in [1.807, 2.05) is 48.5 Å². The minimum atomic E-state index is -0.0380. The summed E-state index contributed by atoms with van der Waals surface area (Å²) in [5.74, 6) is 1.01. The summed E-state index contributed by atoms with van der Waals surface area (Å²) >= 11 is 1.47. The molecule has 5 heteroatoms. The molecule has 1 aliphatic carbocycles. The SMILES string of the molecule is CC(C)c1ccc(NC(=O)CSc2cccc(NC(=O)C3CCCCC3)c2)cc1. The molecule has 0 bridgehead atoms. The van der Waals surface area contributed by atoms with Crippen LogP contribution in [0.5, 0.6) is 0 Å². The quantitative estimate of drug-likeness (QED) is 0.546. The highest BCUT2D eigenvalue weighted by atomic mass is 32.2. The molecule has 0 spiro atoms. The largest absolute Gasteiger partial charge is 0.326 e. The number of thioether (sulfide) groups is 1. The maximum Gasteiger partial charge on any atom is 0.234 e. The first kappa shape index (κ1) is 21.4. The first-order valence-corrected chi connectivity index (χ1v) is 11.4. The average molecular weight is 411 g/mol. The molecule has 2 N–H and O–H groups in total. The number of anilines is 2. The lowest BCUT2D eigenvalue weighted by Crippen LogP contribution is -2.24. The molecule has 2 aromatic carbocycles. The van der Waals surface area contributed by atoms with Gasteiger partial charge in [0.15, 0.2) is 0 Å². The Morgan fingerprint density at radius 1 is 0.966 bits per heavy atom. The molecule has 0 aromatic heterocycles. The molecule has 2 aromatic rings. The third-order valence-electron chi connectivity index (χ3n) is 5.31. The average Bonchev–Trinajstić information content (AvgIpc) is 2.73. The molecule has 1 aliphatic rings. The van der Waals surface area contributed by atoms with Gasteiger partial charge in [0.2, 0.25) is 11.8 Å². The van der Waals surface area contributed by atoms with Gasteiger partial charge in [-0.15, -0.1) is 11.8 Å². The van der Waals surface area contributed by atoms with Crippen molar-refractivity contribution in [1.29, 1.82) is 0 Å². The second-order valence-electron chi connectivity index (χ2n) is 7.97. The fraction of sp³-hybridized carbons (Fsp3) is 0.417. The van der Waals surface area contributed by atoms with Gasteiger partial charge in [0.25, 0.3) is 0 Å². The maximum absolute atomic E-state index is 12.4. The first-order valence-electron chi connectivity index (χ1n) is 10.4. The zero-order chi connectivity index (χ0) is 20.6. The molecule has 0 atom stereocenters. The maximum atomic E-state index is 12.4. The van der Waals surface area contributed by atoms with Crippen molar-refractivity contribution in [3.05, 3.63) is 54.1 Å². The lowest BCUT2D eigenvalue weighted by atomic mass is 9.88. The lowest BCUT2D eigenvalue weighted by Gasteiger charge is -2.20. The highest BCUT2D eigenvalue weighted by Gasteiger charge is 2.21. The molecule has 1 saturated carbocycles. The van der Waals surface area contributed by atoms with Gasteiger partial charge in [0.05, 0.1) is 5.75 Å². The Bertz CT molecular complexity index is 827. The fourth-order valence-electron chi connectivity index (χ4n) is 3.57. The van der Waals surface area contributed by atoms with Crippen LogP contribution in [0, 0.1) is 5.92 Å². The van der Waals surface area contributed by atoms with Gasteiger partial charge in [0.1, 0.15) is 0 Å². The second kappa shape index (κ2) is 10.5. The minimum Gasteiger partial charge on any atom is -0.326 e. The van der Waals surface area contributed by atoms with Crippen LogP contribution in [0.4, 0.5) is 11.4 Å². The number of hydrogen-bond donors (Lipinski definition) is 2. The lowest BCUT2D eigenvalue weighted by molar-refractivity contribution is -0.120. The minimum absolute atomic E-state index is 0.0380. The third-order valence-corrected chi connectivity index (χ3v) is 6.30. The second-order valence-corrected chi connectivity index (χ2v) is 9.01. The summed E-state index contributed by atoms with van der Waals surface area (Å²) in [6.07, 6.45) is 5.49. The molecular weight excluding hydrogens is 380 g/mol. The van der Waals surface area contributed by atoms with E-state index in [4.69, 9.17) is 0 Å². The number of carbonyl (C=O) groups is 2.